The fraction of sp³-hybridized carbons (Fsp3) is 0.769. The molecule has 0 bridgehead atoms. The molecule has 0 spiro atoms. The lowest BCUT2D eigenvalue weighted by atomic mass is 9.94. The van der Waals surface area contributed by atoms with Gasteiger partial charge < -0.3 is 20.1 Å². The minimum absolute atomic E-state index is 0.143. The van der Waals surface area contributed by atoms with Crippen molar-refractivity contribution in [1.82, 2.24) is 15.0 Å². The molecule has 0 unspecified atom stereocenters. The first-order valence-corrected chi connectivity index (χ1v) is 7.57. The van der Waals surface area contributed by atoms with Gasteiger partial charge in [-0.15, -0.1) is 0 Å². The molecular formula is C13H22ClN5O2. The van der Waals surface area contributed by atoms with E-state index in [9.17, 15) is 5.11 Å². The molecule has 2 heterocycles. The highest BCUT2D eigenvalue weighted by Gasteiger charge is 2.31. The largest absolute Gasteiger partial charge is 0.388 e. The molecule has 0 aromatic carbocycles. The number of halogens is 1. The van der Waals surface area contributed by atoms with Crippen LogP contribution in [0.1, 0.15) is 26.2 Å². The molecule has 1 aliphatic heterocycles. The van der Waals surface area contributed by atoms with Crippen LogP contribution in [0.5, 0.6) is 0 Å². The number of ether oxygens (including phenoxy) is 1. The Morgan fingerprint density at radius 3 is 2.71 bits per heavy atom. The first kappa shape index (κ1) is 16.2. The van der Waals surface area contributed by atoms with E-state index in [4.69, 9.17) is 16.3 Å². The van der Waals surface area contributed by atoms with Gasteiger partial charge in [-0.05, 0) is 18.0 Å². The highest BCUT2D eigenvalue weighted by molar-refractivity contribution is 6.28. The van der Waals surface area contributed by atoms with Crippen LogP contribution in [0.25, 0.3) is 0 Å². The minimum atomic E-state index is -0.775. The first-order valence-electron chi connectivity index (χ1n) is 7.19. The third kappa shape index (κ3) is 4.66. The summed E-state index contributed by atoms with van der Waals surface area (Å²) in [6, 6.07) is 0. The van der Waals surface area contributed by atoms with Gasteiger partial charge in [0, 0.05) is 46.2 Å². The van der Waals surface area contributed by atoms with Gasteiger partial charge in [-0.25, -0.2) is 0 Å². The third-order valence-electron chi connectivity index (χ3n) is 3.43. The fourth-order valence-corrected chi connectivity index (χ4v) is 2.40. The zero-order valence-corrected chi connectivity index (χ0v) is 13.2. The van der Waals surface area contributed by atoms with Crippen molar-refractivity contribution >= 4 is 23.5 Å². The number of aliphatic hydroxyl groups is 1. The smallest absolute Gasteiger partial charge is 0.231 e. The van der Waals surface area contributed by atoms with E-state index < -0.39 is 5.60 Å². The van der Waals surface area contributed by atoms with Crippen LogP contribution in [-0.4, -0.2) is 59.0 Å². The van der Waals surface area contributed by atoms with Crippen LogP contribution in [0.2, 0.25) is 5.28 Å². The average Bonchev–Trinajstić information content (AvgIpc) is 2.45. The van der Waals surface area contributed by atoms with Crippen LogP contribution in [0.4, 0.5) is 11.9 Å². The first-order chi connectivity index (χ1) is 10.0. The minimum Gasteiger partial charge on any atom is -0.388 e. The Hall–Kier alpha value is -1.18. The fourth-order valence-electron chi connectivity index (χ4n) is 2.25. The van der Waals surface area contributed by atoms with Gasteiger partial charge >= 0.3 is 0 Å². The molecule has 8 heteroatoms. The molecule has 1 aromatic heterocycles. The number of anilines is 2. The topological polar surface area (TPSA) is 83.4 Å². The van der Waals surface area contributed by atoms with Crippen LogP contribution in [-0.2, 0) is 4.74 Å². The average molecular weight is 316 g/mol. The summed E-state index contributed by atoms with van der Waals surface area (Å²) in [4.78, 5) is 14.3. The van der Waals surface area contributed by atoms with E-state index in [1.54, 1.807) is 4.90 Å². The number of aromatic nitrogens is 3. The van der Waals surface area contributed by atoms with E-state index in [2.05, 4.69) is 27.2 Å². The molecule has 0 aliphatic carbocycles. The van der Waals surface area contributed by atoms with E-state index >= 15 is 0 Å². The number of rotatable bonds is 6. The second-order valence-corrected chi connectivity index (χ2v) is 5.69. The highest BCUT2D eigenvalue weighted by atomic mass is 35.5. The second-order valence-electron chi connectivity index (χ2n) is 5.35. The number of nitrogens with one attached hydrogen (secondary N) is 1. The molecule has 21 heavy (non-hydrogen) atoms. The Morgan fingerprint density at radius 2 is 2.05 bits per heavy atom. The molecule has 1 aliphatic rings. The summed E-state index contributed by atoms with van der Waals surface area (Å²) in [5.74, 6) is 0.909. The highest BCUT2D eigenvalue weighted by Crippen LogP contribution is 2.23. The molecule has 0 atom stereocenters. The maximum Gasteiger partial charge on any atom is 0.231 e. The lowest BCUT2D eigenvalue weighted by Gasteiger charge is -2.35. The van der Waals surface area contributed by atoms with E-state index in [0.717, 1.165) is 13.0 Å². The lowest BCUT2D eigenvalue weighted by Crippen LogP contribution is -2.46. The quantitative estimate of drug-likeness (QED) is 0.819. The Balaban J connectivity index is 2.07. The van der Waals surface area contributed by atoms with Crippen LogP contribution < -0.4 is 10.2 Å². The molecule has 1 fully saturated rings. The number of hydrogen-bond donors (Lipinski definition) is 2. The Bertz CT molecular complexity index is 468. The van der Waals surface area contributed by atoms with Gasteiger partial charge in [0.25, 0.3) is 0 Å². The number of nitrogens with zero attached hydrogens (tertiary/aromatic N) is 4. The monoisotopic (exact) mass is 315 g/mol. The van der Waals surface area contributed by atoms with Crippen molar-refractivity contribution in [2.45, 2.75) is 31.8 Å². The molecule has 1 aromatic rings. The Labute approximate surface area is 129 Å². The number of hydrogen-bond acceptors (Lipinski definition) is 7. The van der Waals surface area contributed by atoms with Crippen molar-refractivity contribution in [1.29, 1.82) is 0 Å². The molecular weight excluding hydrogens is 294 g/mol. The standard InChI is InChI=1S/C13H22ClN5O2/c1-3-6-15-11-16-10(14)17-12(18-11)19(2)9-13(20)4-7-21-8-5-13/h20H,3-9H2,1-2H3,(H,15,16,17,18). The van der Waals surface area contributed by atoms with E-state index in [1.165, 1.54) is 0 Å². The third-order valence-corrected chi connectivity index (χ3v) is 3.59. The van der Waals surface area contributed by atoms with Crippen molar-refractivity contribution in [2.24, 2.45) is 0 Å². The summed E-state index contributed by atoms with van der Waals surface area (Å²) in [6.07, 6.45) is 2.18. The number of likely N-dealkylation sites (N-methyl/N-ethyl adjacent to an activating group) is 1. The van der Waals surface area contributed by atoms with Crippen molar-refractivity contribution in [3.8, 4) is 0 Å². The Morgan fingerprint density at radius 1 is 1.33 bits per heavy atom. The summed E-state index contributed by atoms with van der Waals surface area (Å²) < 4.78 is 5.28. The zero-order chi connectivity index (χ0) is 15.3. The van der Waals surface area contributed by atoms with Crippen molar-refractivity contribution in [2.75, 3.05) is 43.6 Å². The normalized spacial score (nSPS) is 17.5. The molecule has 2 rings (SSSR count). The van der Waals surface area contributed by atoms with Crippen molar-refractivity contribution in [3.63, 3.8) is 0 Å². The van der Waals surface area contributed by atoms with Gasteiger partial charge in [0.05, 0.1) is 5.60 Å². The summed E-state index contributed by atoms with van der Waals surface area (Å²) in [5, 5.41) is 13.8. The molecule has 7 nitrogen and oxygen atoms in total. The van der Waals surface area contributed by atoms with Crippen molar-refractivity contribution < 1.29 is 9.84 Å². The van der Waals surface area contributed by atoms with Crippen LogP contribution >= 0.6 is 11.6 Å². The van der Waals surface area contributed by atoms with Gasteiger partial charge in [0.15, 0.2) is 0 Å². The molecule has 0 amide bonds. The van der Waals surface area contributed by atoms with E-state index in [1.807, 2.05) is 7.05 Å². The summed E-state index contributed by atoms with van der Waals surface area (Å²) in [5.41, 5.74) is -0.775. The van der Waals surface area contributed by atoms with Gasteiger partial charge in [-0.2, -0.15) is 15.0 Å². The zero-order valence-electron chi connectivity index (χ0n) is 12.5. The molecule has 1 saturated heterocycles. The maximum absolute atomic E-state index is 10.5. The summed E-state index contributed by atoms with van der Waals surface area (Å²) in [7, 11) is 1.84. The maximum atomic E-state index is 10.5. The van der Waals surface area contributed by atoms with E-state index in [-0.39, 0.29) is 5.28 Å². The van der Waals surface area contributed by atoms with Crippen LogP contribution in [0.3, 0.4) is 0 Å². The summed E-state index contributed by atoms with van der Waals surface area (Å²) in [6.45, 7) is 4.41. The molecule has 2 N–H and O–H groups in total. The van der Waals surface area contributed by atoms with Crippen LogP contribution in [0, 0.1) is 0 Å². The van der Waals surface area contributed by atoms with Crippen molar-refractivity contribution in [3.05, 3.63) is 5.28 Å². The SMILES string of the molecule is CCCNc1nc(Cl)nc(N(C)CC2(O)CCOCC2)n1. The lowest BCUT2D eigenvalue weighted by molar-refractivity contribution is -0.0574. The summed E-state index contributed by atoms with van der Waals surface area (Å²) >= 11 is 5.94. The molecule has 0 saturated carbocycles. The van der Waals surface area contributed by atoms with E-state index in [0.29, 0.717) is 44.5 Å². The molecule has 118 valence electrons. The predicted octanol–water partition coefficient (Wildman–Crippen LogP) is 1.32. The second kappa shape index (κ2) is 7.20. The predicted molar refractivity (Wildman–Crippen MR) is 81.9 cm³/mol. The molecule has 0 radical (unpaired) electrons. The van der Waals surface area contributed by atoms with Gasteiger partial charge in [-0.1, -0.05) is 6.92 Å². The van der Waals surface area contributed by atoms with Gasteiger partial charge in [0.2, 0.25) is 17.2 Å². The van der Waals surface area contributed by atoms with Gasteiger partial charge in [-0.3, -0.25) is 0 Å². The van der Waals surface area contributed by atoms with Crippen LogP contribution in [0.15, 0.2) is 0 Å². The van der Waals surface area contributed by atoms with Gasteiger partial charge in [0.1, 0.15) is 0 Å². The Kier molecular flexibility index (Phi) is 5.55.